The van der Waals surface area contributed by atoms with Crippen LogP contribution in [0, 0.1) is 0 Å². The van der Waals surface area contributed by atoms with Crippen LogP contribution in [0.5, 0.6) is 11.5 Å². The number of methoxy groups -OCH3 is 1. The maximum absolute atomic E-state index is 12.1. The van der Waals surface area contributed by atoms with Crippen molar-refractivity contribution in [3.63, 3.8) is 0 Å². The van der Waals surface area contributed by atoms with E-state index < -0.39 is 5.97 Å². The molecule has 3 rings (SSSR count). The average Bonchev–Trinajstić information content (AvgIpc) is 3.15. The van der Waals surface area contributed by atoms with Crippen molar-refractivity contribution in [1.82, 2.24) is 9.78 Å². The largest absolute Gasteiger partial charge is 0.507 e. The quantitative estimate of drug-likeness (QED) is 0.731. The number of carbonyl (C=O) groups is 1. The van der Waals surface area contributed by atoms with Crippen LogP contribution < -0.4 is 4.74 Å². The number of phenols is 1. The first-order valence-corrected chi connectivity index (χ1v) is 7.30. The monoisotopic (exact) mass is 324 g/mol. The van der Waals surface area contributed by atoms with E-state index in [1.165, 1.54) is 19.2 Å². The smallest absolute Gasteiger partial charge is 0.342 e. The number of phenolic OH excluding ortho intramolecular Hbond substituents is 1. The molecule has 0 saturated heterocycles. The lowest BCUT2D eigenvalue weighted by atomic mass is 10.2. The molecular weight excluding hydrogens is 308 g/mol. The molecule has 2 aromatic carbocycles. The van der Waals surface area contributed by atoms with Crippen LogP contribution >= 0.6 is 0 Å². The van der Waals surface area contributed by atoms with Crippen LogP contribution in [0.3, 0.4) is 0 Å². The van der Waals surface area contributed by atoms with Gasteiger partial charge in [-0.2, -0.15) is 5.10 Å². The highest BCUT2D eigenvalue weighted by Crippen LogP contribution is 2.24. The maximum atomic E-state index is 12.1. The standard InChI is InChI=1S/C18H16N2O4/c1-23-15-7-8-17(21)16(11-15)18(22)24-12-13-3-5-14(6-4-13)20-10-2-9-19-20/h2-11,21H,12H2,1H3. The van der Waals surface area contributed by atoms with Crippen LogP contribution in [0.25, 0.3) is 5.69 Å². The third-order valence-corrected chi connectivity index (χ3v) is 3.50. The van der Waals surface area contributed by atoms with Gasteiger partial charge >= 0.3 is 5.97 Å². The average molecular weight is 324 g/mol. The fraction of sp³-hybridized carbons (Fsp3) is 0.111. The predicted molar refractivity (Wildman–Crippen MR) is 87.3 cm³/mol. The molecule has 0 unspecified atom stereocenters. The molecule has 0 atom stereocenters. The van der Waals surface area contributed by atoms with Crippen LogP contribution in [0.15, 0.2) is 60.9 Å². The SMILES string of the molecule is COc1ccc(O)c(C(=O)OCc2ccc(-n3cccn3)cc2)c1. The molecule has 1 heterocycles. The van der Waals surface area contributed by atoms with Crippen LogP contribution in [-0.4, -0.2) is 28.0 Å². The number of hydrogen-bond donors (Lipinski definition) is 1. The number of hydrogen-bond acceptors (Lipinski definition) is 5. The summed E-state index contributed by atoms with van der Waals surface area (Å²) in [5.74, 6) is -0.277. The Morgan fingerprint density at radius 1 is 1.21 bits per heavy atom. The van der Waals surface area contributed by atoms with E-state index in [4.69, 9.17) is 9.47 Å². The van der Waals surface area contributed by atoms with Gasteiger partial charge in [-0.05, 0) is 42.0 Å². The first kappa shape index (κ1) is 15.6. The van der Waals surface area contributed by atoms with Crippen molar-refractivity contribution in [3.8, 4) is 17.2 Å². The summed E-state index contributed by atoms with van der Waals surface area (Å²) in [5, 5.41) is 13.9. The Hall–Kier alpha value is -3.28. The van der Waals surface area contributed by atoms with Gasteiger partial charge in [0.15, 0.2) is 0 Å². The Labute approximate surface area is 138 Å². The third-order valence-electron chi connectivity index (χ3n) is 3.50. The van der Waals surface area contributed by atoms with Gasteiger partial charge in [-0.15, -0.1) is 0 Å². The van der Waals surface area contributed by atoms with Gasteiger partial charge in [-0.25, -0.2) is 9.48 Å². The van der Waals surface area contributed by atoms with Crippen molar-refractivity contribution in [1.29, 1.82) is 0 Å². The summed E-state index contributed by atoms with van der Waals surface area (Å²) in [5.41, 5.74) is 1.82. The first-order chi connectivity index (χ1) is 11.7. The summed E-state index contributed by atoms with van der Waals surface area (Å²) in [4.78, 5) is 12.1. The Morgan fingerprint density at radius 3 is 2.67 bits per heavy atom. The topological polar surface area (TPSA) is 73.6 Å². The predicted octanol–water partition coefficient (Wildman–Crippen LogP) is 2.94. The van der Waals surface area contributed by atoms with Crippen molar-refractivity contribution in [2.75, 3.05) is 7.11 Å². The van der Waals surface area contributed by atoms with Gasteiger partial charge in [-0.1, -0.05) is 12.1 Å². The van der Waals surface area contributed by atoms with E-state index in [1.807, 2.05) is 36.5 Å². The van der Waals surface area contributed by atoms with Gasteiger partial charge in [0.05, 0.1) is 12.8 Å². The molecule has 0 amide bonds. The fourth-order valence-corrected chi connectivity index (χ4v) is 2.20. The maximum Gasteiger partial charge on any atom is 0.342 e. The van der Waals surface area contributed by atoms with E-state index >= 15 is 0 Å². The Morgan fingerprint density at radius 2 is 2.00 bits per heavy atom. The van der Waals surface area contributed by atoms with E-state index in [0.717, 1.165) is 11.3 Å². The van der Waals surface area contributed by atoms with Crippen molar-refractivity contribution in [2.45, 2.75) is 6.61 Å². The van der Waals surface area contributed by atoms with Gasteiger partial charge in [-0.3, -0.25) is 0 Å². The van der Waals surface area contributed by atoms with Crippen LogP contribution in [0.2, 0.25) is 0 Å². The van der Waals surface area contributed by atoms with Crippen molar-refractivity contribution in [3.05, 3.63) is 72.1 Å². The van der Waals surface area contributed by atoms with Crippen LogP contribution in [0.1, 0.15) is 15.9 Å². The molecule has 0 saturated carbocycles. The number of ether oxygens (including phenoxy) is 2. The summed E-state index contributed by atoms with van der Waals surface area (Å²) >= 11 is 0. The number of benzene rings is 2. The van der Waals surface area contributed by atoms with Gasteiger partial charge in [0.25, 0.3) is 0 Å². The zero-order chi connectivity index (χ0) is 16.9. The minimum Gasteiger partial charge on any atom is -0.507 e. The molecule has 0 aliphatic rings. The molecule has 0 aliphatic carbocycles. The van der Waals surface area contributed by atoms with E-state index in [9.17, 15) is 9.90 Å². The number of esters is 1. The van der Waals surface area contributed by atoms with Gasteiger partial charge in [0.1, 0.15) is 23.7 Å². The highest BCUT2D eigenvalue weighted by Gasteiger charge is 2.14. The van der Waals surface area contributed by atoms with Gasteiger partial charge in [0.2, 0.25) is 0 Å². The minimum atomic E-state index is -0.609. The molecule has 122 valence electrons. The van der Waals surface area contributed by atoms with Crippen LogP contribution in [-0.2, 0) is 11.3 Å². The molecule has 0 aliphatic heterocycles. The molecule has 0 spiro atoms. The molecule has 0 fully saturated rings. The Kier molecular flexibility index (Phi) is 4.47. The fourth-order valence-electron chi connectivity index (χ4n) is 2.20. The molecule has 1 aromatic heterocycles. The Balaban J connectivity index is 1.66. The number of nitrogens with zero attached hydrogens (tertiary/aromatic N) is 2. The van der Waals surface area contributed by atoms with E-state index in [2.05, 4.69) is 5.10 Å². The summed E-state index contributed by atoms with van der Waals surface area (Å²) < 4.78 is 12.0. The summed E-state index contributed by atoms with van der Waals surface area (Å²) in [7, 11) is 1.49. The lowest BCUT2D eigenvalue weighted by Gasteiger charge is -2.09. The lowest BCUT2D eigenvalue weighted by Crippen LogP contribution is -2.06. The van der Waals surface area contributed by atoms with Crippen LogP contribution in [0.4, 0.5) is 0 Å². The molecular formula is C18H16N2O4. The van der Waals surface area contributed by atoms with E-state index in [-0.39, 0.29) is 17.9 Å². The van der Waals surface area contributed by atoms with Gasteiger partial charge in [0, 0.05) is 12.4 Å². The van der Waals surface area contributed by atoms with Crippen molar-refractivity contribution in [2.24, 2.45) is 0 Å². The number of rotatable bonds is 5. The highest BCUT2D eigenvalue weighted by atomic mass is 16.5. The second-order valence-corrected chi connectivity index (χ2v) is 5.08. The zero-order valence-corrected chi connectivity index (χ0v) is 13.0. The summed E-state index contributed by atoms with van der Waals surface area (Å²) in [6.45, 7) is 0.106. The van der Waals surface area contributed by atoms with E-state index in [0.29, 0.717) is 5.75 Å². The summed E-state index contributed by atoms with van der Waals surface area (Å²) in [6.07, 6.45) is 3.55. The summed E-state index contributed by atoms with van der Waals surface area (Å²) in [6, 6.07) is 13.7. The van der Waals surface area contributed by atoms with E-state index in [1.54, 1.807) is 16.9 Å². The molecule has 6 nitrogen and oxygen atoms in total. The molecule has 0 bridgehead atoms. The van der Waals surface area contributed by atoms with Crippen molar-refractivity contribution < 1.29 is 19.4 Å². The number of aromatic nitrogens is 2. The molecule has 6 heteroatoms. The zero-order valence-electron chi connectivity index (χ0n) is 13.0. The second-order valence-electron chi connectivity index (χ2n) is 5.08. The molecule has 1 N–H and O–H groups in total. The minimum absolute atomic E-state index is 0.0718. The first-order valence-electron chi connectivity index (χ1n) is 7.30. The number of carbonyl (C=O) groups excluding carboxylic acids is 1. The second kappa shape index (κ2) is 6.87. The normalized spacial score (nSPS) is 10.4. The number of aromatic hydroxyl groups is 1. The molecule has 24 heavy (non-hydrogen) atoms. The van der Waals surface area contributed by atoms with Crippen molar-refractivity contribution >= 4 is 5.97 Å². The molecule has 3 aromatic rings. The highest BCUT2D eigenvalue weighted by molar-refractivity contribution is 5.92. The molecule has 0 radical (unpaired) electrons. The van der Waals surface area contributed by atoms with Gasteiger partial charge < -0.3 is 14.6 Å². The third kappa shape index (κ3) is 3.38. The lowest BCUT2D eigenvalue weighted by molar-refractivity contribution is 0.0469. The Bertz CT molecular complexity index is 827.